The van der Waals surface area contributed by atoms with Crippen LogP contribution in [0.25, 0.3) is 0 Å². The third kappa shape index (κ3) is 5.76. The molecule has 1 unspecified atom stereocenters. The van der Waals surface area contributed by atoms with Gasteiger partial charge in [-0.3, -0.25) is 11.3 Å². The Hall–Kier alpha value is -0.120. The molecule has 0 bridgehead atoms. The van der Waals surface area contributed by atoms with Crippen molar-refractivity contribution in [2.45, 2.75) is 19.8 Å². The zero-order chi connectivity index (χ0) is 7.11. The van der Waals surface area contributed by atoms with E-state index in [1.807, 2.05) is 0 Å². The van der Waals surface area contributed by atoms with Crippen LogP contribution in [0.15, 0.2) is 0 Å². The lowest BCUT2D eigenvalue weighted by atomic mass is 10.0. The smallest absolute Gasteiger partial charge is 0.00999 e. The minimum absolute atomic E-state index is 0.700. The highest BCUT2D eigenvalue weighted by molar-refractivity contribution is 4.53. The van der Waals surface area contributed by atoms with Gasteiger partial charge in [-0.25, -0.2) is 0 Å². The molecule has 1 atom stereocenters. The van der Waals surface area contributed by atoms with E-state index in [2.05, 4.69) is 12.3 Å². The maximum absolute atomic E-state index is 5.35. The predicted octanol–water partition coefficient (Wildman–Crippen LogP) is -0.175. The van der Waals surface area contributed by atoms with Gasteiger partial charge in [0.2, 0.25) is 0 Å². The van der Waals surface area contributed by atoms with E-state index in [9.17, 15) is 0 Å². The first-order valence-electron chi connectivity index (χ1n) is 3.44. The summed E-state index contributed by atoms with van der Waals surface area (Å²) in [7, 11) is 0. The van der Waals surface area contributed by atoms with Crippen LogP contribution >= 0.6 is 0 Å². The Bertz CT molecular complexity index is 56.3. The van der Waals surface area contributed by atoms with Gasteiger partial charge in [0.25, 0.3) is 0 Å². The van der Waals surface area contributed by atoms with Gasteiger partial charge < -0.3 is 5.73 Å². The molecule has 0 saturated carbocycles. The van der Waals surface area contributed by atoms with Crippen LogP contribution in [0.3, 0.4) is 0 Å². The van der Waals surface area contributed by atoms with E-state index in [1.165, 1.54) is 0 Å². The Morgan fingerprint density at radius 1 is 1.44 bits per heavy atom. The van der Waals surface area contributed by atoms with Crippen LogP contribution < -0.4 is 17.0 Å². The Labute approximate surface area is 56.8 Å². The monoisotopic (exact) mass is 131 g/mol. The van der Waals surface area contributed by atoms with Gasteiger partial charge in [0.15, 0.2) is 0 Å². The maximum Gasteiger partial charge on any atom is 0.00999 e. The van der Waals surface area contributed by atoms with Crippen molar-refractivity contribution in [2.75, 3.05) is 13.1 Å². The standard InChI is InChI=1S/C6H17N3/c1-6(2-4-7)3-5-9-8/h6,9H,2-5,7-8H2,1H3. The summed E-state index contributed by atoms with van der Waals surface area (Å²) < 4.78 is 0. The normalized spacial score (nSPS) is 13.7. The van der Waals surface area contributed by atoms with E-state index >= 15 is 0 Å². The number of hydrazine groups is 1. The highest BCUT2D eigenvalue weighted by atomic mass is 15.2. The van der Waals surface area contributed by atoms with E-state index < -0.39 is 0 Å². The number of rotatable bonds is 5. The number of nitrogens with two attached hydrogens (primary N) is 2. The SMILES string of the molecule is CC(CCN)CCNN. The van der Waals surface area contributed by atoms with Gasteiger partial charge in [0, 0.05) is 6.54 Å². The molecule has 0 radical (unpaired) electrons. The van der Waals surface area contributed by atoms with Gasteiger partial charge in [-0.2, -0.15) is 0 Å². The number of nitrogens with one attached hydrogen (secondary N) is 1. The molecular formula is C6H17N3. The molecule has 56 valence electrons. The van der Waals surface area contributed by atoms with E-state index in [4.69, 9.17) is 11.6 Å². The minimum Gasteiger partial charge on any atom is -0.330 e. The molecule has 0 spiro atoms. The first-order valence-corrected chi connectivity index (χ1v) is 3.44. The molecule has 0 aromatic carbocycles. The zero-order valence-corrected chi connectivity index (χ0v) is 6.06. The van der Waals surface area contributed by atoms with Gasteiger partial charge in [0.1, 0.15) is 0 Å². The molecule has 9 heavy (non-hydrogen) atoms. The first-order chi connectivity index (χ1) is 4.31. The van der Waals surface area contributed by atoms with Crippen molar-refractivity contribution in [1.29, 1.82) is 0 Å². The topological polar surface area (TPSA) is 64.1 Å². The van der Waals surface area contributed by atoms with E-state index in [1.54, 1.807) is 0 Å². The maximum atomic E-state index is 5.35. The summed E-state index contributed by atoms with van der Waals surface area (Å²) in [6.45, 7) is 3.86. The van der Waals surface area contributed by atoms with Crippen molar-refractivity contribution < 1.29 is 0 Å². The third-order valence-corrected chi connectivity index (χ3v) is 1.44. The number of hydrogen-bond acceptors (Lipinski definition) is 3. The summed E-state index contributed by atoms with van der Waals surface area (Å²) in [5.41, 5.74) is 7.97. The quantitative estimate of drug-likeness (QED) is 0.358. The van der Waals surface area contributed by atoms with Gasteiger partial charge >= 0.3 is 0 Å². The highest BCUT2D eigenvalue weighted by Gasteiger charge is 1.97. The Morgan fingerprint density at radius 3 is 2.56 bits per heavy atom. The summed E-state index contributed by atoms with van der Waals surface area (Å²) in [5.74, 6) is 5.79. The molecule has 3 nitrogen and oxygen atoms in total. The second-order valence-corrected chi connectivity index (χ2v) is 2.43. The molecule has 0 saturated heterocycles. The van der Waals surface area contributed by atoms with Gasteiger partial charge in [-0.15, -0.1) is 0 Å². The van der Waals surface area contributed by atoms with Crippen molar-refractivity contribution in [3.63, 3.8) is 0 Å². The van der Waals surface area contributed by atoms with E-state index in [0.29, 0.717) is 5.92 Å². The third-order valence-electron chi connectivity index (χ3n) is 1.44. The highest BCUT2D eigenvalue weighted by Crippen LogP contribution is 2.03. The van der Waals surface area contributed by atoms with E-state index in [0.717, 1.165) is 25.9 Å². The van der Waals surface area contributed by atoms with Crippen LogP contribution in [-0.4, -0.2) is 13.1 Å². The Morgan fingerprint density at radius 2 is 2.11 bits per heavy atom. The lowest BCUT2D eigenvalue weighted by Crippen LogP contribution is -2.24. The number of hydrogen-bond donors (Lipinski definition) is 3. The van der Waals surface area contributed by atoms with Crippen LogP contribution in [0.4, 0.5) is 0 Å². The van der Waals surface area contributed by atoms with Crippen molar-refractivity contribution in [2.24, 2.45) is 17.5 Å². The summed E-state index contributed by atoms with van der Waals surface area (Å²) in [5, 5.41) is 0. The average Bonchev–Trinajstić information content (AvgIpc) is 1.85. The minimum atomic E-state index is 0.700. The van der Waals surface area contributed by atoms with Crippen molar-refractivity contribution in [3.05, 3.63) is 0 Å². The van der Waals surface area contributed by atoms with Crippen LogP contribution in [0, 0.1) is 5.92 Å². The van der Waals surface area contributed by atoms with Gasteiger partial charge in [0.05, 0.1) is 0 Å². The summed E-state index contributed by atoms with van der Waals surface area (Å²) in [6, 6.07) is 0. The second kappa shape index (κ2) is 6.01. The fourth-order valence-electron chi connectivity index (χ4n) is 0.759. The zero-order valence-electron chi connectivity index (χ0n) is 6.06. The molecule has 0 aromatic heterocycles. The van der Waals surface area contributed by atoms with Crippen LogP contribution in [0.1, 0.15) is 19.8 Å². The molecule has 0 rings (SSSR count). The predicted molar refractivity (Wildman–Crippen MR) is 39.6 cm³/mol. The lowest BCUT2D eigenvalue weighted by molar-refractivity contribution is 0.480. The molecule has 0 aliphatic rings. The first kappa shape index (κ1) is 8.88. The summed E-state index contributed by atoms with van der Waals surface area (Å²) in [6.07, 6.45) is 2.22. The Kier molecular flexibility index (Phi) is 5.93. The molecule has 0 fully saturated rings. The van der Waals surface area contributed by atoms with Gasteiger partial charge in [-0.1, -0.05) is 6.92 Å². The van der Waals surface area contributed by atoms with Crippen molar-refractivity contribution in [3.8, 4) is 0 Å². The molecule has 0 heterocycles. The lowest BCUT2D eigenvalue weighted by Gasteiger charge is -2.07. The summed E-state index contributed by atoms with van der Waals surface area (Å²) in [4.78, 5) is 0. The molecule has 5 N–H and O–H groups in total. The Balaban J connectivity index is 2.95. The fraction of sp³-hybridized carbons (Fsp3) is 1.00. The molecular weight excluding hydrogens is 114 g/mol. The van der Waals surface area contributed by atoms with E-state index in [-0.39, 0.29) is 0 Å². The van der Waals surface area contributed by atoms with Crippen LogP contribution in [-0.2, 0) is 0 Å². The average molecular weight is 131 g/mol. The van der Waals surface area contributed by atoms with Crippen molar-refractivity contribution >= 4 is 0 Å². The van der Waals surface area contributed by atoms with Crippen molar-refractivity contribution in [1.82, 2.24) is 5.43 Å². The molecule has 0 aromatic rings. The second-order valence-electron chi connectivity index (χ2n) is 2.43. The summed E-state index contributed by atoms with van der Waals surface area (Å²) >= 11 is 0. The molecule has 0 amide bonds. The van der Waals surface area contributed by atoms with Crippen LogP contribution in [0.5, 0.6) is 0 Å². The molecule has 3 heteroatoms. The van der Waals surface area contributed by atoms with Gasteiger partial charge in [-0.05, 0) is 25.3 Å². The largest absolute Gasteiger partial charge is 0.330 e. The van der Waals surface area contributed by atoms with Crippen LogP contribution in [0.2, 0.25) is 0 Å². The molecule has 0 aliphatic heterocycles. The molecule has 0 aliphatic carbocycles. The fourth-order valence-corrected chi connectivity index (χ4v) is 0.759.